The lowest BCUT2D eigenvalue weighted by molar-refractivity contribution is 0.551. The average molecular weight is 291 g/mol. The molecule has 4 nitrogen and oxygen atoms in total. The maximum atomic E-state index is 14.2. The largest absolute Gasteiger partial charge is 0.262 e. The molecule has 1 aromatic carbocycles. The van der Waals surface area contributed by atoms with Gasteiger partial charge in [0.1, 0.15) is 5.82 Å². The third-order valence-corrected chi connectivity index (χ3v) is 3.26. The summed E-state index contributed by atoms with van der Waals surface area (Å²) in [6.07, 6.45) is 3.09. The van der Waals surface area contributed by atoms with Crippen molar-refractivity contribution in [2.45, 2.75) is 19.9 Å². The fraction of sp³-hybridized carbons (Fsp3) is 0.214. The molecule has 0 N–H and O–H groups in total. The maximum absolute atomic E-state index is 14.2. The molecule has 0 aliphatic heterocycles. The van der Waals surface area contributed by atoms with Gasteiger partial charge in [0.15, 0.2) is 0 Å². The first-order chi connectivity index (χ1) is 9.56. The molecule has 3 rings (SSSR count). The molecular formula is C14H12ClFN4. The Hall–Kier alpha value is -2.01. The molecule has 0 bridgehead atoms. The smallest absolute Gasteiger partial charge is 0.222 e. The second-order valence-electron chi connectivity index (χ2n) is 4.78. The Morgan fingerprint density at radius 2 is 2.10 bits per heavy atom. The van der Waals surface area contributed by atoms with E-state index in [1.165, 1.54) is 6.07 Å². The predicted molar refractivity (Wildman–Crippen MR) is 76.1 cm³/mol. The predicted octanol–water partition coefficient (Wildman–Crippen LogP) is 3.87. The third kappa shape index (κ3) is 2.14. The number of nitrogens with zero attached hydrogens (tertiary/aromatic N) is 4. The molecule has 0 aliphatic carbocycles. The van der Waals surface area contributed by atoms with Gasteiger partial charge in [-0.1, -0.05) is 0 Å². The number of benzene rings is 1. The summed E-state index contributed by atoms with van der Waals surface area (Å²) < 4.78 is 16.0. The summed E-state index contributed by atoms with van der Waals surface area (Å²) in [4.78, 5) is 7.94. The standard InChI is InChI=1S/C14H12ClFN4/c1-8(2)20-13-6-9(5-11(16)10(13)7-18-20)12-3-4-17-14(15)19-12/h3-8H,1-2H3. The van der Waals surface area contributed by atoms with E-state index in [0.29, 0.717) is 16.6 Å². The van der Waals surface area contributed by atoms with Crippen molar-refractivity contribution in [3.05, 3.63) is 41.7 Å². The molecule has 3 aromatic rings. The van der Waals surface area contributed by atoms with Crippen LogP contribution in [0.5, 0.6) is 0 Å². The highest BCUT2D eigenvalue weighted by Gasteiger charge is 2.13. The van der Waals surface area contributed by atoms with Crippen molar-refractivity contribution in [1.82, 2.24) is 19.7 Å². The molecule has 20 heavy (non-hydrogen) atoms. The van der Waals surface area contributed by atoms with Gasteiger partial charge in [-0.25, -0.2) is 14.4 Å². The number of hydrogen-bond donors (Lipinski definition) is 0. The van der Waals surface area contributed by atoms with Gasteiger partial charge < -0.3 is 0 Å². The van der Waals surface area contributed by atoms with Crippen LogP contribution in [0.2, 0.25) is 5.28 Å². The van der Waals surface area contributed by atoms with Gasteiger partial charge in [-0.15, -0.1) is 0 Å². The Morgan fingerprint density at radius 3 is 2.80 bits per heavy atom. The molecular weight excluding hydrogens is 279 g/mol. The zero-order valence-electron chi connectivity index (χ0n) is 11.0. The molecule has 0 saturated heterocycles. The molecule has 0 radical (unpaired) electrons. The van der Waals surface area contributed by atoms with E-state index in [9.17, 15) is 4.39 Å². The first-order valence-corrected chi connectivity index (χ1v) is 6.60. The maximum Gasteiger partial charge on any atom is 0.222 e. The molecule has 0 fully saturated rings. The quantitative estimate of drug-likeness (QED) is 0.673. The second kappa shape index (κ2) is 4.83. The minimum Gasteiger partial charge on any atom is -0.262 e. The third-order valence-electron chi connectivity index (χ3n) is 3.08. The highest BCUT2D eigenvalue weighted by molar-refractivity contribution is 6.28. The average Bonchev–Trinajstić information content (AvgIpc) is 2.83. The Bertz CT molecular complexity index is 782. The Balaban J connectivity index is 2.25. The van der Waals surface area contributed by atoms with E-state index in [-0.39, 0.29) is 17.1 Å². The van der Waals surface area contributed by atoms with Crippen LogP contribution in [0.4, 0.5) is 4.39 Å². The monoisotopic (exact) mass is 290 g/mol. The first-order valence-electron chi connectivity index (χ1n) is 6.22. The molecule has 2 heterocycles. The lowest BCUT2D eigenvalue weighted by Crippen LogP contribution is -2.02. The highest BCUT2D eigenvalue weighted by Crippen LogP contribution is 2.27. The van der Waals surface area contributed by atoms with E-state index in [4.69, 9.17) is 11.6 Å². The van der Waals surface area contributed by atoms with Crippen LogP contribution in [0.1, 0.15) is 19.9 Å². The number of rotatable bonds is 2. The zero-order valence-corrected chi connectivity index (χ0v) is 11.8. The number of halogens is 2. The van der Waals surface area contributed by atoms with Gasteiger partial charge in [0.05, 0.1) is 22.8 Å². The molecule has 0 atom stereocenters. The van der Waals surface area contributed by atoms with E-state index >= 15 is 0 Å². The molecule has 0 spiro atoms. The zero-order chi connectivity index (χ0) is 14.3. The summed E-state index contributed by atoms with van der Waals surface area (Å²) in [5.41, 5.74) is 1.98. The highest BCUT2D eigenvalue weighted by atomic mass is 35.5. The van der Waals surface area contributed by atoms with Crippen LogP contribution in [0.25, 0.3) is 22.2 Å². The summed E-state index contributed by atoms with van der Waals surface area (Å²) in [5, 5.41) is 4.87. The first kappa shape index (κ1) is 13.0. The van der Waals surface area contributed by atoms with Crippen LogP contribution in [0.3, 0.4) is 0 Å². The van der Waals surface area contributed by atoms with Crippen LogP contribution in [0, 0.1) is 5.82 Å². The topological polar surface area (TPSA) is 43.6 Å². The normalized spacial score (nSPS) is 11.4. The SMILES string of the molecule is CC(C)n1ncc2c(F)cc(-c3ccnc(Cl)n3)cc21. The second-order valence-corrected chi connectivity index (χ2v) is 5.12. The molecule has 0 aliphatic rings. The summed E-state index contributed by atoms with van der Waals surface area (Å²) in [5.74, 6) is -0.320. The van der Waals surface area contributed by atoms with Crippen LogP contribution in [-0.4, -0.2) is 19.7 Å². The summed E-state index contributed by atoms with van der Waals surface area (Å²) in [6, 6.07) is 5.15. The molecule has 2 aromatic heterocycles. The minimum atomic E-state index is -0.320. The molecule has 6 heteroatoms. The van der Waals surface area contributed by atoms with Crippen molar-refractivity contribution in [3.63, 3.8) is 0 Å². The van der Waals surface area contributed by atoms with Crippen molar-refractivity contribution in [2.75, 3.05) is 0 Å². The van der Waals surface area contributed by atoms with E-state index in [2.05, 4.69) is 15.1 Å². The van der Waals surface area contributed by atoms with Crippen molar-refractivity contribution < 1.29 is 4.39 Å². The van der Waals surface area contributed by atoms with E-state index < -0.39 is 0 Å². The summed E-state index contributed by atoms with van der Waals surface area (Å²) in [7, 11) is 0. The Morgan fingerprint density at radius 1 is 1.30 bits per heavy atom. The Labute approximate surface area is 120 Å². The van der Waals surface area contributed by atoms with Crippen molar-refractivity contribution in [2.24, 2.45) is 0 Å². The molecule has 0 amide bonds. The van der Waals surface area contributed by atoms with Crippen LogP contribution in [0.15, 0.2) is 30.6 Å². The number of fused-ring (bicyclic) bond motifs is 1. The van der Waals surface area contributed by atoms with E-state index in [1.807, 2.05) is 19.9 Å². The Kier molecular flexibility index (Phi) is 3.14. The van der Waals surface area contributed by atoms with Gasteiger partial charge in [-0.3, -0.25) is 4.68 Å². The number of hydrogen-bond acceptors (Lipinski definition) is 3. The van der Waals surface area contributed by atoms with Crippen molar-refractivity contribution in [1.29, 1.82) is 0 Å². The number of aromatic nitrogens is 4. The van der Waals surface area contributed by atoms with Crippen molar-refractivity contribution in [3.8, 4) is 11.3 Å². The van der Waals surface area contributed by atoms with E-state index in [1.54, 1.807) is 23.1 Å². The van der Waals surface area contributed by atoms with Gasteiger partial charge in [0.25, 0.3) is 0 Å². The minimum absolute atomic E-state index is 0.139. The lowest BCUT2D eigenvalue weighted by Gasteiger charge is -2.08. The van der Waals surface area contributed by atoms with Crippen LogP contribution in [-0.2, 0) is 0 Å². The van der Waals surface area contributed by atoms with Crippen LogP contribution < -0.4 is 0 Å². The molecule has 102 valence electrons. The molecule has 0 saturated carbocycles. The van der Waals surface area contributed by atoms with Gasteiger partial charge in [0, 0.05) is 17.8 Å². The summed E-state index contributed by atoms with van der Waals surface area (Å²) >= 11 is 5.78. The lowest BCUT2D eigenvalue weighted by atomic mass is 10.1. The fourth-order valence-electron chi connectivity index (χ4n) is 2.16. The van der Waals surface area contributed by atoms with Gasteiger partial charge in [0.2, 0.25) is 5.28 Å². The van der Waals surface area contributed by atoms with Gasteiger partial charge >= 0.3 is 0 Å². The fourth-order valence-corrected chi connectivity index (χ4v) is 2.31. The van der Waals surface area contributed by atoms with Crippen LogP contribution >= 0.6 is 11.6 Å². The summed E-state index contributed by atoms with van der Waals surface area (Å²) in [6.45, 7) is 4.00. The van der Waals surface area contributed by atoms with Crippen molar-refractivity contribution >= 4 is 22.5 Å². The van der Waals surface area contributed by atoms with Gasteiger partial charge in [-0.2, -0.15) is 5.10 Å². The molecule has 0 unspecified atom stereocenters. The van der Waals surface area contributed by atoms with Gasteiger partial charge in [-0.05, 0) is 43.6 Å². The van der Waals surface area contributed by atoms with E-state index in [0.717, 1.165) is 5.52 Å².